The monoisotopic (exact) mass is 393 g/mol. The number of carbonyl (C=O) groups excluding carboxylic acids is 1. The predicted octanol–water partition coefficient (Wildman–Crippen LogP) is 3.96. The van der Waals surface area contributed by atoms with Crippen molar-refractivity contribution in [3.63, 3.8) is 0 Å². The van der Waals surface area contributed by atoms with Gasteiger partial charge in [-0.15, -0.1) is 0 Å². The van der Waals surface area contributed by atoms with E-state index in [9.17, 15) is 14.3 Å². The molecule has 0 bridgehead atoms. The smallest absolute Gasteiger partial charge is 0.286 e. The van der Waals surface area contributed by atoms with E-state index in [4.69, 9.17) is 14.9 Å². The minimum absolute atomic E-state index is 0.101. The van der Waals surface area contributed by atoms with Crippen LogP contribution in [0, 0.1) is 5.82 Å². The maximum absolute atomic E-state index is 13.6. The van der Waals surface area contributed by atoms with Crippen molar-refractivity contribution in [2.75, 3.05) is 5.32 Å². The van der Waals surface area contributed by atoms with Gasteiger partial charge in [-0.3, -0.25) is 4.79 Å². The van der Waals surface area contributed by atoms with Crippen molar-refractivity contribution >= 4 is 22.6 Å². The lowest BCUT2D eigenvalue weighted by Crippen LogP contribution is -2.16. The van der Waals surface area contributed by atoms with Crippen LogP contribution < -0.4 is 15.8 Å². The molecule has 4 aromatic rings. The van der Waals surface area contributed by atoms with Gasteiger partial charge in [0.2, 0.25) is 11.6 Å². The van der Waals surface area contributed by atoms with Crippen molar-refractivity contribution in [3.05, 3.63) is 84.0 Å². The number of aliphatic hydroxyl groups excluding tert-OH is 1. The Bertz CT molecular complexity index is 1160. The highest BCUT2D eigenvalue weighted by atomic mass is 19.1. The van der Waals surface area contributed by atoms with Crippen LogP contribution in [-0.4, -0.2) is 16.0 Å². The Hall–Kier alpha value is -3.91. The normalized spacial score (nSPS) is 11.9. The first-order chi connectivity index (χ1) is 14.0. The fourth-order valence-electron chi connectivity index (χ4n) is 2.83. The van der Waals surface area contributed by atoms with Gasteiger partial charge in [-0.25, -0.2) is 9.37 Å². The summed E-state index contributed by atoms with van der Waals surface area (Å²) < 4.78 is 24.6. The Morgan fingerprint density at radius 2 is 1.97 bits per heavy atom. The van der Waals surface area contributed by atoms with Crippen LogP contribution in [0.4, 0.5) is 10.1 Å². The van der Waals surface area contributed by atoms with Gasteiger partial charge >= 0.3 is 0 Å². The number of primary amides is 1. The third-order valence-electron chi connectivity index (χ3n) is 4.20. The first-order valence-corrected chi connectivity index (χ1v) is 8.66. The molecule has 2 aromatic carbocycles. The zero-order valence-corrected chi connectivity index (χ0v) is 15.0. The molecule has 0 aliphatic carbocycles. The van der Waals surface area contributed by atoms with Crippen molar-refractivity contribution in [2.24, 2.45) is 5.73 Å². The molecule has 2 aromatic heterocycles. The van der Waals surface area contributed by atoms with E-state index < -0.39 is 18.0 Å². The second kappa shape index (κ2) is 7.61. The average molecular weight is 393 g/mol. The molecular weight excluding hydrogens is 377 g/mol. The summed E-state index contributed by atoms with van der Waals surface area (Å²) in [4.78, 5) is 15.9. The molecule has 4 N–H and O–H groups in total. The molecule has 29 heavy (non-hydrogen) atoms. The SMILES string of the molecule is NC(=O)c1oc2ccc(F)cc2c1NC(O)c1ccc(Oc2ccccc2)nc1. The lowest BCUT2D eigenvalue weighted by atomic mass is 10.2. The molecule has 4 rings (SSSR count). The number of fused-ring (bicyclic) bond motifs is 1. The Labute approximate surface area is 164 Å². The zero-order valence-electron chi connectivity index (χ0n) is 15.0. The summed E-state index contributed by atoms with van der Waals surface area (Å²) in [7, 11) is 0. The molecule has 0 fully saturated rings. The summed E-state index contributed by atoms with van der Waals surface area (Å²) in [5.74, 6) is -0.594. The fraction of sp³-hybridized carbons (Fsp3) is 0.0476. The van der Waals surface area contributed by atoms with Gasteiger partial charge in [-0.05, 0) is 36.4 Å². The summed E-state index contributed by atoms with van der Waals surface area (Å²) >= 11 is 0. The van der Waals surface area contributed by atoms with E-state index in [2.05, 4.69) is 10.3 Å². The topological polar surface area (TPSA) is 111 Å². The number of aromatic nitrogens is 1. The lowest BCUT2D eigenvalue weighted by Gasteiger charge is -2.14. The number of para-hydroxylation sites is 1. The van der Waals surface area contributed by atoms with Gasteiger partial charge in [0.1, 0.15) is 17.1 Å². The van der Waals surface area contributed by atoms with E-state index in [0.29, 0.717) is 17.2 Å². The Morgan fingerprint density at radius 3 is 2.66 bits per heavy atom. The van der Waals surface area contributed by atoms with Crippen LogP contribution in [0.2, 0.25) is 0 Å². The van der Waals surface area contributed by atoms with E-state index in [-0.39, 0.29) is 22.4 Å². The maximum Gasteiger partial charge on any atom is 0.286 e. The number of amides is 1. The zero-order chi connectivity index (χ0) is 20.4. The maximum atomic E-state index is 13.6. The highest BCUT2D eigenvalue weighted by Gasteiger charge is 2.21. The van der Waals surface area contributed by atoms with Crippen LogP contribution in [0.1, 0.15) is 22.3 Å². The number of furan rings is 1. The Morgan fingerprint density at radius 1 is 1.17 bits per heavy atom. The van der Waals surface area contributed by atoms with Gasteiger partial charge in [0.15, 0.2) is 6.23 Å². The molecule has 0 aliphatic heterocycles. The van der Waals surface area contributed by atoms with Crippen LogP contribution in [0.15, 0.2) is 71.3 Å². The minimum atomic E-state index is -1.25. The number of aliphatic hydroxyl groups is 1. The first kappa shape index (κ1) is 18.5. The van der Waals surface area contributed by atoms with Gasteiger partial charge in [0, 0.05) is 23.2 Å². The van der Waals surface area contributed by atoms with Crippen LogP contribution >= 0.6 is 0 Å². The second-order valence-corrected chi connectivity index (χ2v) is 6.20. The molecule has 1 amide bonds. The Balaban J connectivity index is 1.58. The van der Waals surface area contributed by atoms with Crippen LogP contribution in [0.5, 0.6) is 11.6 Å². The van der Waals surface area contributed by atoms with Gasteiger partial charge in [0.05, 0.1) is 5.69 Å². The fourth-order valence-corrected chi connectivity index (χ4v) is 2.83. The molecule has 8 heteroatoms. The summed E-state index contributed by atoms with van der Waals surface area (Å²) in [6, 6.07) is 16.1. The lowest BCUT2D eigenvalue weighted by molar-refractivity contribution is 0.0976. The van der Waals surface area contributed by atoms with E-state index in [1.54, 1.807) is 24.3 Å². The number of nitrogens with zero attached hydrogens (tertiary/aromatic N) is 1. The molecule has 7 nitrogen and oxygen atoms in total. The molecule has 0 spiro atoms. The number of halogens is 1. The summed E-state index contributed by atoms with van der Waals surface area (Å²) in [6.07, 6.45) is 0.165. The molecule has 0 aliphatic rings. The average Bonchev–Trinajstić information content (AvgIpc) is 3.07. The molecule has 0 radical (unpaired) electrons. The molecule has 1 unspecified atom stereocenters. The third kappa shape index (κ3) is 3.87. The molecule has 1 atom stereocenters. The number of anilines is 1. The van der Waals surface area contributed by atoms with Crippen molar-refractivity contribution < 1.29 is 23.4 Å². The third-order valence-corrected chi connectivity index (χ3v) is 4.20. The van der Waals surface area contributed by atoms with Crippen LogP contribution in [0.25, 0.3) is 11.0 Å². The van der Waals surface area contributed by atoms with Gasteiger partial charge in [-0.1, -0.05) is 18.2 Å². The number of nitrogens with two attached hydrogens (primary N) is 1. The molecule has 0 saturated heterocycles. The molecule has 2 heterocycles. The largest absolute Gasteiger partial charge is 0.449 e. The predicted molar refractivity (Wildman–Crippen MR) is 104 cm³/mol. The Kier molecular flexibility index (Phi) is 4.84. The quantitative estimate of drug-likeness (QED) is 0.428. The van der Waals surface area contributed by atoms with Gasteiger partial charge < -0.3 is 25.3 Å². The van der Waals surface area contributed by atoms with Crippen molar-refractivity contribution in [1.82, 2.24) is 4.98 Å². The van der Waals surface area contributed by atoms with E-state index in [1.807, 2.05) is 18.2 Å². The summed E-state index contributed by atoms with van der Waals surface area (Å²) in [6.45, 7) is 0. The second-order valence-electron chi connectivity index (χ2n) is 6.20. The van der Waals surface area contributed by atoms with Gasteiger partial charge in [0.25, 0.3) is 5.91 Å². The number of carbonyl (C=O) groups is 1. The van der Waals surface area contributed by atoms with Crippen molar-refractivity contribution in [3.8, 4) is 11.6 Å². The number of ether oxygens (including phenoxy) is 1. The van der Waals surface area contributed by atoms with Crippen LogP contribution in [-0.2, 0) is 0 Å². The van der Waals surface area contributed by atoms with E-state index >= 15 is 0 Å². The number of pyridine rings is 1. The number of hydrogen-bond donors (Lipinski definition) is 3. The number of nitrogens with one attached hydrogen (secondary N) is 1. The van der Waals surface area contributed by atoms with E-state index in [1.165, 1.54) is 24.4 Å². The summed E-state index contributed by atoms with van der Waals surface area (Å²) in [5.41, 5.74) is 6.11. The van der Waals surface area contributed by atoms with Gasteiger partial charge in [-0.2, -0.15) is 0 Å². The first-order valence-electron chi connectivity index (χ1n) is 8.66. The van der Waals surface area contributed by atoms with Crippen molar-refractivity contribution in [2.45, 2.75) is 6.23 Å². The molecular formula is C21H16FN3O4. The number of benzene rings is 2. The highest BCUT2D eigenvalue weighted by Crippen LogP contribution is 2.33. The van der Waals surface area contributed by atoms with E-state index in [0.717, 1.165) is 0 Å². The number of rotatable bonds is 6. The molecule has 146 valence electrons. The standard InChI is InChI=1S/C21H16FN3O4/c22-13-7-8-16-15(10-13)18(19(29-16)20(23)26)25-21(27)12-6-9-17(24-11-12)28-14-4-2-1-3-5-14/h1-11,21,25,27H,(H2,23,26). The van der Waals surface area contributed by atoms with Crippen molar-refractivity contribution in [1.29, 1.82) is 0 Å². The highest BCUT2D eigenvalue weighted by molar-refractivity contribution is 6.05. The molecule has 0 saturated carbocycles. The summed E-state index contributed by atoms with van der Waals surface area (Å²) in [5, 5.41) is 13.6. The van der Waals surface area contributed by atoms with Crippen LogP contribution in [0.3, 0.4) is 0 Å². The number of hydrogen-bond acceptors (Lipinski definition) is 6. The minimum Gasteiger partial charge on any atom is -0.449 e.